The van der Waals surface area contributed by atoms with E-state index in [-0.39, 0.29) is 0 Å². The van der Waals surface area contributed by atoms with Crippen LogP contribution in [0, 0.1) is 6.92 Å². The molecule has 0 fully saturated rings. The highest BCUT2D eigenvalue weighted by Gasteiger charge is 2.17. The van der Waals surface area contributed by atoms with Gasteiger partial charge in [-0.2, -0.15) is 0 Å². The fourth-order valence-electron chi connectivity index (χ4n) is 1.93. The van der Waals surface area contributed by atoms with Crippen molar-refractivity contribution in [3.05, 3.63) is 21.4 Å². The third kappa shape index (κ3) is 1.22. The molecule has 0 bridgehead atoms. The fourth-order valence-corrected chi connectivity index (χ4v) is 3.09. The van der Waals surface area contributed by atoms with Crippen molar-refractivity contribution in [2.24, 2.45) is 0 Å². The molecule has 0 saturated heterocycles. The van der Waals surface area contributed by atoms with E-state index in [4.69, 9.17) is 0 Å². The lowest BCUT2D eigenvalue weighted by molar-refractivity contribution is 0.602. The summed E-state index contributed by atoms with van der Waals surface area (Å²) in [6, 6.07) is 2.37. The van der Waals surface area contributed by atoms with Crippen molar-refractivity contribution in [2.45, 2.75) is 39.0 Å². The van der Waals surface area contributed by atoms with Crippen LogP contribution >= 0.6 is 11.3 Å². The molecule has 1 aromatic heterocycles. The molecule has 0 saturated carbocycles. The number of hydrogen-bond donors (Lipinski definition) is 0. The fraction of sp³-hybridized carbons (Fsp3) is 0.600. The molecule has 0 N–H and O–H groups in total. The first kappa shape index (κ1) is 7.35. The molecule has 1 aliphatic rings. The molecule has 0 aromatic carbocycles. The van der Waals surface area contributed by atoms with E-state index in [2.05, 4.69) is 19.9 Å². The van der Waals surface area contributed by atoms with Crippen LogP contribution in [0.3, 0.4) is 0 Å². The molecule has 1 heteroatoms. The minimum atomic E-state index is 0.831. The highest BCUT2D eigenvalue weighted by molar-refractivity contribution is 7.12. The largest absolute Gasteiger partial charge is 0.145 e. The van der Waals surface area contributed by atoms with Crippen LogP contribution in [-0.2, 0) is 6.42 Å². The Bertz CT molecular complexity index is 260. The Morgan fingerprint density at radius 1 is 1.55 bits per heavy atom. The van der Waals surface area contributed by atoms with E-state index in [1.807, 2.05) is 11.3 Å². The second-order valence-corrected chi connectivity index (χ2v) is 4.83. The minimum absolute atomic E-state index is 0.831. The summed E-state index contributed by atoms with van der Waals surface area (Å²) in [6.45, 7) is 4.57. The molecule has 60 valence electrons. The molecule has 1 heterocycles. The van der Waals surface area contributed by atoms with Gasteiger partial charge < -0.3 is 0 Å². The Kier molecular flexibility index (Phi) is 1.76. The Morgan fingerprint density at radius 3 is 3.09 bits per heavy atom. The zero-order valence-electron chi connectivity index (χ0n) is 7.18. The lowest BCUT2D eigenvalue weighted by Gasteiger charge is -2.17. The van der Waals surface area contributed by atoms with Crippen LogP contribution in [0.1, 0.15) is 41.0 Å². The summed E-state index contributed by atoms with van der Waals surface area (Å²) in [6.07, 6.45) is 4.11. The summed E-state index contributed by atoms with van der Waals surface area (Å²) >= 11 is 2.00. The van der Waals surface area contributed by atoms with Gasteiger partial charge in [0.15, 0.2) is 0 Å². The van der Waals surface area contributed by atoms with Gasteiger partial charge in [0.1, 0.15) is 0 Å². The Balaban J connectivity index is 2.43. The van der Waals surface area contributed by atoms with E-state index >= 15 is 0 Å². The maximum Gasteiger partial charge on any atom is 0.0108 e. The van der Waals surface area contributed by atoms with Gasteiger partial charge in [-0.05, 0) is 43.7 Å². The molecule has 11 heavy (non-hydrogen) atoms. The van der Waals surface area contributed by atoms with E-state index in [0.717, 1.165) is 5.92 Å². The van der Waals surface area contributed by atoms with Gasteiger partial charge in [0.2, 0.25) is 0 Å². The molecular weight excluding hydrogens is 152 g/mol. The second-order valence-electron chi connectivity index (χ2n) is 3.54. The van der Waals surface area contributed by atoms with Gasteiger partial charge in [-0.25, -0.2) is 0 Å². The van der Waals surface area contributed by atoms with Gasteiger partial charge in [-0.3, -0.25) is 0 Å². The summed E-state index contributed by atoms with van der Waals surface area (Å²) < 4.78 is 0. The predicted molar refractivity (Wildman–Crippen MR) is 50.4 cm³/mol. The van der Waals surface area contributed by atoms with Crippen molar-refractivity contribution in [1.82, 2.24) is 0 Å². The lowest BCUT2D eigenvalue weighted by Crippen LogP contribution is -2.02. The molecule has 0 radical (unpaired) electrons. The number of hydrogen-bond acceptors (Lipinski definition) is 1. The molecule has 1 aliphatic carbocycles. The highest BCUT2D eigenvalue weighted by Crippen LogP contribution is 2.36. The zero-order chi connectivity index (χ0) is 7.84. The van der Waals surface area contributed by atoms with Crippen molar-refractivity contribution < 1.29 is 0 Å². The number of rotatable bonds is 0. The van der Waals surface area contributed by atoms with Crippen LogP contribution in [0.5, 0.6) is 0 Å². The third-order valence-corrected chi connectivity index (χ3v) is 3.82. The van der Waals surface area contributed by atoms with Crippen molar-refractivity contribution in [3.8, 4) is 0 Å². The summed E-state index contributed by atoms with van der Waals surface area (Å²) in [5, 5.41) is 0. The molecule has 0 spiro atoms. The summed E-state index contributed by atoms with van der Waals surface area (Å²) in [5.74, 6) is 0.831. The topological polar surface area (TPSA) is 0 Å². The van der Waals surface area contributed by atoms with E-state index in [0.29, 0.717) is 0 Å². The average molecular weight is 166 g/mol. The number of thiophene rings is 1. The highest BCUT2D eigenvalue weighted by atomic mass is 32.1. The number of aryl methyl sites for hydroxylation is 2. The smallest absolute Gasteiger partial charge is 0.0108 e. The van der Waals surface area contributed by atoms with Crippen LogP contribution in [0.25, 0.3) is 0 Å². The molecule has 1 aromatic rings. The normalized spacial score (nSPS) is 23.3. The Labute approximate surface area is 72.3 Å². The molecule has 0 amide bonds. The molecule has 2 rings (SSSR count). The quantitative estimate of drug-likeness (QED) is 0.553. The molecule has 0 aliphatic heterocycles. The Morgan fingerprint density at radius 2 is 2.36 bits per heavy atom. The van der Waals surface area contributed by atoms with Gasteiger partial charge in [0.05, 0.1) is 0 Å². The van der Waals surface area contributed by atoms with Gasteiger partial charge in [-0.1, -0.05) is 6.92 Å². The molecule has 0 nitrogen and oxygen atoms in total. The second kappa shape index (κ2) is 2.63. The number of fused-ring (bicyclic) bond motifs is 1. The lowest BCUT2D eigenvalue weighted by atomic mass is 9.91. The summed E-state index contributed by atoms with van der Waals surface area (Å²) in [4.78, 5) is 3.15. The first-order valence-corrected chi connectivity index (χ1v) is 5.18. The summed E-state index contributed by atoms with van der Waals surface area (Å²) in [7, 11) is 0. The molecule has 1 atom stereocenters. The van der Waals surface area contributed by atoms with Crippen molar-refractivity contribution in [1.29, 1.82) is 0 Å². The van der Waals surface area contributed by atoms with Crippen LogP contribution in [0.15, 0.2) is 6.07 Å². The average Bonchev–Trinajstić information content (AvgIpc) is 2.31. The third-order valence-electron chi connectivity index (χ3n) is 2.50. The van der Waals surface area contributed by atoms with E-state index in [9.17, 15) is 0 Å². The molecular formula is C10H14S. The van der Waals surface area contributed by atoms with Gasteiger partial charge in [0, 0.05) is 9.75 Å². The predicted octanol–water partition coefficient (Wildman–Crippen LogP) is 3.50. The summed E-state index contributed by atoms with van der Waals surface area (Å²) in [5.41, 5.74) is 1.63. The first-order valence-electron chi connectivity index (χ1n) is 4.36. The van der Waals surface area contributed by atoms with Crippen molar-refractivity contribution in [3.63, 3.8) is 0 Å². The van der Waals surface area contributed by atoms with Crippen LogP contribution in [0.4, 0.5) is 0 Å². The zero-order valence-corrected chi connectivity index (χ0v) is 8.00. The van der Waals surface area contributed by atoms with Crippen molar-refractivity contribution >= 4 is 11.3 Å². The van der Waals surface area contributed by atoms with Gasteiger partial charge >= 0.3 is 0 Å². The van der Waals surface area contributed by atoms with Gasteiger partial charge in [0.25, 0.3) is 0 Å². The monoisotopic (exact) mass is 166 g/mol. The maximum atomic E-state index is 2.37. The van der Waals surface area contributed by atoms with Gasteiger partial charge in [-0.15, -0.1) is 11.3 Å². The van der Waals surface area contributed by atoms with E-state index in [1.54, 1.807) is 10.4 Å². The van der Waals surface area contributed by atoms with E-state index in [1.165, 1.54) is 24.1 Å². The Hall–Kier alpha value is -0.300. The first-order chi connectivity index (χ1) is 5.27. The van der Waals surface area contributed by atoms with Crippen molar-refractivity contribution in [2.75, 3.05) is 0 Å². The van der Waals surface area contributed by atoms with Crippen LogP contribution in [0.2, 0.25) is 0 Å². The molecule has 1 unspecified atom stereocenters. The SMILES string of the molecule is Cc1cc2c(s1)C(C)CCC2. The van der Waals surface area contributed by atoms with Crippen LogP contribution in [-0.4, -0.2) is 0 Å². The minimum Gasteiger partial charge on any atom is -0.145 e. The van der Waals surface area contributed by atoms with E-state index < -0.39 is 0 Å². The standard InChI is InChI=1S/C10H14S/c1-7-4-3-5-9-6-8(2)11-10(7)9/h6-7H,3-5H2,1-2H3. The maximum absolute atomic E-state index is 2.37. The van der Waals surface area contributed by atoms with Crippen LogP contribution < -0.4 is 0 Å².